The monoisotopic (exact) mass is 257 g/mol. The third-order valence-corrected chi connectivity index (χ3v) is 3.69. The smallest absolute Gasteiger partial charge is 0.0973 e. The standard InChI is InChI=1S/C16H34N.H2O/c1-5-9-13-17(14-10-6-2,15-11-7-3)16-12-8-4;/h5,9H,6-8,10-16H2,1-4H3;1H2/q+1;/p-1/b9-5+;. The lowest BCUT2D eigenvalue weighted by atomic mass is 10.1. The molecule has 0 aliphatic heterocycles. The summed E-state index contributed by atoms with van der Waals surface area (Å²) in [7, 11) is 0. The molecule has 110 valence electrons. The molecule has 0 saturated heterocycles. The zero-order valence-corrected chi connectivity index (χ0v) is 13.1. The van der Waals surface area contributed by atoms with E-state index < -0.39 is 0 Å². The van der Waals surface area contributed by atoms with Gasteiger partial charge in [0.05, 0.1) is 26.2 Å². The Morgan fingerprint density at radius 3 is 1.44 bits per heavy atom. The van der Waals surface area contributed by atoms with Crippen LogP contribution in [-0.2, 0) is 0 Å². The fourth-order valence-corrected chi connectivity index (χ4v) is 2.42. The highest BCUT2D eigenvalue weighted by molar-refractivity contribution is 4.77. The van der Waals surface area contributed by atoms with E-state index in [9.17, 15) is 0 Å². The van der Waals surface area contributed by atoms with E-state index in [0.29, 0.717) is 0 Å². The average Bonchev–Trinajstić information content (AvgIpc) is 2.37. The van der Waals surface area contributed by atoms with Crippen molar-refractivity contribution in [1.29, 1.82) is 0 Å². The number of nitrogens with zero attached hydrogens (tertiary/aromatic N) is 1. The molecule has 0 aromatic heterocycles. The summed E-state index contributed by atoms with van der Waals surface area (Å²) in [5, 5.41) is 0. The van der Waals surface area contributed by atoms with E-state index >= 15 is 0 Å². The van der Waals surface area contributed by atoms with Gasteiger partial charge >= 0.3 is 0 Å². The number of hydrogen-bond donors (Lipinski definition) is 0. The summed E-state index contributed by atoms with van der Waals surface area (Å²) in [6, 6.07) is 0. The van der Waals surface area contributed by atoms with Gasteiger partial charge in [0.15, 0.2) is 0 Å². The van der Waals surface area contributed by atoms with Crippen LogP contribution in [0.3, 0.4) is 0 Å². The van der Waals surface area contributed by atoms with E-state index in [4.69, 9.17) is 0 Å². The molecule has 0 rings (SSSR count). The van der Waals surface area contributed by atoms with Crippen molar-refractivity contribution < 1.29 is 9.96 Å². The van der Waals surface area contributed by atoms with Gasteiger partial charge in [-0.25, -0.2) is 0 Å². The van der Waals surface area contributed by atoms with Crippen molar-refractivity contribution >= 4 is 0 Å². The molecule has 2 heteroatoms. The van der Waals surface area contributed by atoms with Gasteiger partial charge < -0.3 is 9.96 Å². The minimum absolute atomic E-state index is 0. The summed E-state index contributed by atoms with van der Waals surface area (Å²) in [6.07, 6.45) is 12.7. The first-order chi connectivity index (χ1) is 8.24. The van der Waals surface area contributed by atoms with Crippen LogP contribution in [0.4, 0.5) is 0 Å². The molecule has 0 heterocycles. The van der Waals surface area contributed by atoms with Crippen molar-refractivity contribution in [3.05, 3.63) is 12.2 Å². The van der Waals surface area contributed by atoms with Crippen LogP contribution < -0.4 is 0 Å². The Morgan fingerprint density at radius 1 is 0.778 bits per heavy atom. The maximum Gasteiger partial charge on any atom is 0.0973 e. The van der Waals surface area contributed by atoms with E-state index in [1.54, 1.807) is 0 Å². The summed E-state index contributed by atoms with van der Waals surface area (Å²) in [4.78, 5) is 0. The van der Waals surface area contributed by atoms with Gasteiger partial charge in [-0.3, -0.25) is 0 Å². The molecule has 0 saturated carbocycles. The Hall–Kier alpha value is -0.340. The van der Waals surface area contributed by atoms with Crippen molar-refractivity contribution in [3.8, 4) is 0 Å². The zero-order chi connectivity index (χ0) is 13.0. The van der Waals surface area contributed by atoms with Crippen LogP contribution in [0.5, 0.6) is 0 Å². The van der Waals surface area contributed by atoms with Crippen LogP contribution in [0.1, 0.15) is 66.2 Å². The fraction of sp³-hybridized carbons (Fsp3) is 0.875. The lowest BCUT2D eigenvalue weighted by Gasteiger charge is -2.38. The largest absolute Gasteiger partial charge is 0.870 e. The van der Waals surface area contributed by atoms with Crippen LogP contribution in [0.25, 0.3) is 0 Å². The second-order valence-electron chi connectivity index (χ2n) is 5.32. The van der Waals surface area contributed by atoms with Gasteiger partial charge in [0.1, 0.15) is 0 Å². The summed E-state index contributed by atoms with van der Waals surface area (Å²) in [5.74, 6) is 0. The van der Waals surface area contributed by atoms with Crippen molar-refractivity contribution in [2.45, 2.75) is 66.2 Å². The molecule has 0 radical (unpaired) electrons. The van der Waals surface area contributed by atoms with Crippen molar-refractivity contribution in [2.75, 3.05) is 26.2 Å². The Bertz CT molecular complexity index is 168. The van der Waals surface area contributed by atoms with Gasteiger partial charge in [0.2, 0.25) is 0 Å². The molecule has 0 bridgehead atoms. The summed E-state index contributed by atoms with van der Waals surface area (Å²) >= 11 is 0. The molecule has 0 spiro atoms. The predicted octanol–water partition coefficient (Wildman–Crippen LogP) is 4.60. The maximum atomic E-state index is 2.38. The molecule has 0 unspecified atom stereocenters. The highest BCUT2D eigenvalue weighted by Crippen LogP contribution is 2.15. The van der Waals surface area contributed by atoms with Gasteiger partial charge in [-0.05, 0) is 32.3 Å². The minimum Gasteiger partial charge on any atom is -0.870 e. The third kappa shape index (κ3) is 8.71. The highest BCUT2D eigenvalue weighted by atomic mass is 16.0. The molecule has 0 amide bonds. The lowest BCUT2D eigenvalue weighted by molar-refractivity contribution is -0.923. The summed E-state index contributed by atoms with van der Waals surface area (Å²) in [5.41, 5.74) is 0. The molecule has 0 aromatic rings. The molecule has 1 N–H and O–H groups in total. The van der Waals surface area contributed by atoms with E-state index in [2.05, 4.69) is 39.8 Å². The van der Waals surface area contributed by atoms with Crippen LogP contribution in [0.15, 0.2) is 12.2 Å². The average molecular weight is 257 g/mol. The van der Waals surface area contributed by atoms with Crippen molar-refractivity contribution in [2.24, 2.45) is 0 Å². The van der Waals surface area contributed by atoms with Crippen LogP contribution in [0.2, 0.25) is 0 Å². The first-order valence-corrected chi connectivity index (χ1v) is 7.71. The molecule has 0 aliphatic rings. The lowest BCUT2D eigenvalue weighted by Crippen LogP contribution is -2.50. The number of rotatable bonds is 11. The molecular weight excluding hydrogens is 222 g/mol. The number of hydrogen-bond acceptors (Lipinski definition) is 1. The molecule has 0 aliphatic carbocycles. The van der Waals surface area contributed by atoms with Gasteiger partial charge in [-0.2, -0.15) is 0 Å². The normalized spacial score (nSPS) is 11.8. The first kappa shape index (κ1) is 20.0. The number of unbranched alkanes of at least 4 members (excludes halogenated alkanes) is 3. The second-order valence-corrected chi connectivity index (χ2v) is 5.32. The second kappa shape index (κ2) is 13.1. The maximum absolute atomic E-state index is 2.38. The third-order valence-electron chi connectivity index (χ3n) is 3.69. The van der Waals surface area contributed by atoms with E-state index in [1.165, 1.54) is 69.2 Å². The molecule has 2 nitrogen and oxygen atoms in total. The summed E-state index contributed by atoms with van der Waals surface area (Å²) < 4.78 is 1.33. The molecular formula is C16H35NO. The van der Waals surface area contributed by atoms with Crippen LogP contribution in [-0.4, -0.2) is 36.1 Å². The first-order valence-electron chi connectivity index (χ1n) is 7.71. The topological polar surface area (TPSA) is 30.0 Å². The van der Waals surface area contributed by atoms with Gasteiger partial charge in [0, 0.05) is 0 Å². The minimum atomic E-state index is 0. The van der Waals surface area contributed by atoms with E-state index in [1.807, 2.05) is 0 Å². The van der Waals surface area contributed by atoms with Gasteiger partial charge in [0.25, 0.3) is 0 Å². The van der Waals surface area contributed by atoms with Crippen molar-refractivity contribution in [1.82, 2.24) is 0 Å². The molecule has 0 fully saturated rings. The van der Waals surface area contributed by atoms with E-state index in [0.717, 1.165) is 0 Å². The Kier molecular flexibility index (Phi) is 14.5. The Morgan fingerprint density at radius 2 is 1.17 bits per heavy atom. The number of quaternary nitrogens is 1. The molecule has 0 aromatic carbocycles. The number of allylic oxidation sites excluding steroid dienone is 1. The van der Waals surface area contributed by atoms with E-state index in [-0.39, 0.29) is 5.48 Å². The van der Waals surface area contributed by atoms with Crippen LogP contribution in [0, 0.1) is 0 Å². The van der Waals surface area contributed by atoms with Crippen LogP contribution >= 0.6 is 0 Å². The predicted molar refractivity (Wildman–Crippen MR) is 81.2 cm³/mol. The fourth-order valence-electron chi connectivity index (χ4n) is 2.42. The molecule has 0 atom stereocenters. The highest BCUT2D eigenvalue weighted by Gasteiger charge is 2.23. The quantitative estimate of drug-likeness (QED) is 0.393. The SMILES string of the molecule is C/C=C/C[N+](CCCC)(CCCC)CCCC.[OH-]. The van der Waals surface area contributed by atoms with Gasteiger partial charge in [-0.1, -0.05) is 46.1 Å². The van der Waals surface area contributed by atoms with Crippen molar-refractivity contribution in [3.63, 3.8) is 0 Å². The Balaban J connectivity index is 0. The van der Waals surface area contributed by atoms with Gasteiger partial charge in [-0.15, -0.1) is 0 Å². The molecule has 18 heavy (non-hydrogen) atoms. The Labute approximate surface area is 115 Å². The summed E-state index contributed by atoms with van der Waals surface area (Å²) in [6.45, 7) is 14.4. The zero-order valence-electron chi connectivity index (χ0n) is 13.1.